The number of nitrogens with one attached hydrogen (secondary N) is 1. The summed E-state index contributed by atoms with van der Waals surface area (Å²) in [7, 11) is 0. The first-order chi connectivity index (χ1) is 16.6. The van der Waals surface area contributed by atoms with E-state index in [4.69, 9.17) is 21.1 Å². The minimum absolute atomic E-state index is 0.307. The molecule has 1 aliphatic heterocycles. The number of amides is 1. The van der Waals surface area contributed by atoms with Gasteiger partial charge in [0.1, 0.15) is 12.4 Å². The van der Waals surface area contributed by atoms with Gasteiger partial charge in [-0.2, -0.15) is 5.10 Å². The second kappa shape index (κ2) is 10.5. The Morgan fingerprint density at radius 1 is 1.18 bits per heavy atom. The van der Waals surface area contributed by atoms with Gasteiger partial charge in [0.15, 0.2) is 10.8 Å². The molecule has 10 heteroatoms. The van der Waals surface area contributed by atoms with Crippen LogP contribution in [-0.2, 0) is 11.3 Å². The number of halogens is 1. The standard InChI is InChI=1S/C24H24ClN5O3S/c25-19-4-2-1-3-17(19)16-30-8-7-21(28-30)23(31)27-24-26-20-6-5-18(15-22(20)34-24)33-14-11-29-9-12-32-13-10-29/h1-8,15H,9-14,16H2,(H,26,27,31). The van der Waals surface area contributed by atoms with Crippen molar-refractivity contribution in [2.45, 2.75) is 6.54 Å². The van der Waals surface area contributed by atoms with E-state index >= 15 is 0 Å². The molecule has 2 aromatic carbocycles. The maximum absolute atomic E-state index is 12.7. The first-order valence-corrected chi connectivity index (χ1v) is 12.3. The van der Waals surface area contributed by atoms with Crippen LogP contribution in [0.1, 0.15) is 16.1 Å². The third-order valence-electron chi connectivity index (χ3n) is 5.52. The molecule has 0 saturated carbocycles. The van der Waals surface area contributed by atoms with Crippen LogP contribution in [0.25, 0.3) is 10.2 Å². The van der Waals surface area contributed by atoms with Crippen LogP contribution in [0.5, 0.6) is 5.75 Å². The maximum atomic E-state index is 12.7. The summed E-state index contributed by atoms with van der Waals surface area (Å²) in [5.74, 6) is 0.486. The highest BCUT2D eigenvalue weighted by atomic mass is 35.5. The van der Waals surface area contributed by atoms with Crippen LogP contribution >= 0.6 is 22.9 Å². The normalized spacial score (nSPS) is 14.4. The van der Waals surface area contributed by atoms with E-state index in [1.165, 1.54) is 11.3 Å². The molecule has 8 nitrogen and oxygen atoms in total. The van der Waals surface area contributed by atoms with Crippen molar-refractivity contribution in [3.8, 4) is 5.75 Å². The minimum Gasteiger partial charge on any atom is -0.492 e. The van der Waals surface area contributed by atoms with Crippen LogP contribution < -0.4 is 10.1 Å². The van der Waals surface area contributed by atoms with Gasteiger partial charge in [0.2, 0.25) is 0 Å². The largest absolute Gasteiger partial charge is 0.492 e. The third-order valence-corrected chi connectivity index (χ3v) is 6.83. The predicted molar refractivity (Wildman–Crippen MR) is 133 cm³/mol. The van der Waals surface area contributed by atoms with Crippen LogP contribution in [0.4, 0.5) is 5.13 Å². The first kappa shape index (κ1) is 22.8. The Bertz CT molecular complexity index is 1280. The monoisotopic (exact) mass is 497 g/mol. The molecule has 0 bridgehead atoms. The van der Waals surface area contributed by atoms with Crippen molar-refractivity contribution in [3.05, 3.63) is 71.0 Å². The Kier molecular flexibility index (Phi) is 7.05. The number of morpholine rings is 1. The average molecular weight is 498 g/mol. The highest BCUT2D eigenvalue weighted by Gasteiger charge is 2.14. The van der Waals surface area contributed by atoms with Gasteiger partial charge in [-0.25, -0.2) is 4.98 Å². The molecular weight excluding hydrogens is 474 g/mol. The lowest BCUT2D eigenvalue weighted by Gasteiger charge is -2.26. The molecule has 5 rings (SSSR count). The summed E-state index contributed by atoms with van der Waals surface area (Å²) in [6.07, 6.45) is 1.76. The predicted octanol–water partition coefficient (Wildman–Crippen LogP) is 4.16. The quantitative estimate of drug-likeness (QED) is 0.393. The lowest BCUT2D eigenvalue weighted by atomic mass is 10.2. The van der Waals surface area contributed by atoms with Gasteiger partial charge < -0.3 is 9.47 Å². The van der Waals surface area contributed by atoms with Gasteiger partial charge in [-0.05, 0) is 35.9 Å². The number of fused-ring (bicyclic) bond motifs is 1. The van der Waals surface area contributed by atoms with Crippen molar-refractivity contribution in [2.24, 2.45) is 0 Å². The zero-order chi connectivity index (χ0) is 23.3. The van der Waals surface area contributed by atoms with Gasteiger partial charge >= 0.3 is 0 Å². The number of carbonyl (C=O) groups excluding carboxylic acids is 1. The molecule has 0 aliphatic carbocycles. The summed E-state index contributed by atoms with van der Waals surface area (Å²) in [5.41, 5.74) is 2.07. The maximum Gasteiger partial charge on any atom is 0.277 e. The van der Waals surface area contributed by atoms with E-state index < -0.39 is 0 Å². The fraction of sp³-hybridized carbons (Fsp3) is 0.292. The van der Waals surface area contributed by atoms with Gasteiger partial charge in [-0.3, -0.25) is 19.7 Å². The van der Waals surface area contributed by atoms with Crippen LogP contribution in [0.2, 0.25) is 5.02 Å². The molecular formula is C24H24ClN5O3S. The molecule has 1 amide bonds. The molecule has 0 radical (unpaired) electrons. The van der Waals surface area contributed by atoms with Gasteiger partial charge in [0.25, 0.3) is 5.91 Å². The summed E-state index contributed by atoms with van der Waals surface area (Å²) >= 11 is 7.63. The van der Waals surface area contributed by atoms with Crippen molar-refractivity contribution < 1.29 is 14.3 Å². The highest BCUT2D eigenvalue weighted by molar-refractivity contribution is 7.22. The zero-order valence-corrected chi connectivity index (χ0v) is 20.0. The number of benzene rings is 2. The Morgan fingerprint density at radius 2 is 2.03 bits per heavy atom. The number of hydrogen-bond acceptors (Lipinski definition) is 7. The lowest BCUT2D eigenvalue weighted by molar-refractivity contribution is 0.0322. The molecule has 0 atom stereocenters. The van der Waals surface area contributed by atoms with E-state index in [0.717, 1.165) is 54.4 Å². The fourth-order valence-corrected chi connectivity index (χ4v) is 4.78. The topological polar surface area (TPSA) is 81.5 Å². The van der Waals surface area contributed by atoms with E-state index in [0.29, 0.717) is 29.0 Å². The molecule has 1 N–H and O–H groups in total. The SMILES string of the molecule is O=C(Nc1nc2ccc(OCCN3CCOCC3)cc2s1)c1ccn(Cc2ccccc2Cl)n1. The summed E-state index contributed by atoms with van der Waals surface area (Å²) in [5, 5.41) is 8.41. The van der Waals surface area contributed by atoms with Gasteiger partial charge in [-0.1, -0.05) is 41.1 Å². The number of ether oxygens (including phenoxy) is 2. The van der Waals surface area contributed by atoms with Crippen molar-refractivity contribution >= 4 is 44.2 Å². The molecule has 4 aromatic rings. The molecule has 34 heavy (non-hydrogen) atoms. The molecule has 1 aliphatic rings. The Balaban J connectivity index is 1.19. The number of nitrogens with zero attached hydrogens (tertiary/aromatic N) is 4. The Labute approximate surface area is 206 Å². The van der Waals surface area contributed by atoms with E-state index in [-0.39, 0.29) is 5.91 Å². The van der Waals surface area contributed by atoms with E-state index in [9.17, 15) is 4.79 Å². The first-order valence-electron chi connectivity index (χ1n) is 11.1. The summed E-state index contributed by atoms with van der Waals surface area (Å²) in [4.78, 5) is 19.5. The number of carbonyl (C=O) groups is 1. The van der Waals surface area contributed by atoms with Gasteiger partial charge in [0, 0.05) is 30.9 Å². The Hall–Kier alpha value is -2.98. The number of aromatic nitrogens is 3. The van der Waals surface area contributed by atoms with Crippen molar-refractivity contribution in [1.82, 2.24) is 19.7 Å². The molecule has 1 fully saturated rings. The molecule has 1 saturated heterocycles. The van der Waals surface area contributed by atoms with Crippen LogP contribution in [0, 0.1) is 0 Å². The number of anilines is 1. The minimum atomic E-state index is -0.307. The van der Waals surface area contributed by atoms with Gasteiger partial charge in [-0.15, -0.1) is 0 Å². The van der Waals surface area contributed by atoms with E-state index in [1.54, 1.807) is 16.9 Å². The highest BCUT2D eigenvalue weighted by Crippen LogP contribution is 2.29. The lowest BCUT2D eigenvalue weighted by Crippen LogP contribution is -2.38. The summed E-state index contributed by atoms with van der Waals surface area (Å²) < 4.78 is 13.9. The average Bonchev–Trinajstić information content (AvgIpc) is 3.47. The molecule has 0 unspecified atom stereocenters. The molecule has 2 aromatic heterocycles. The Morgan fingerprint density at radius 3 is 2.88 bits per heavy atom. The second-order valence-electron chi connectivity index (χ2n) is 7.90. The molecule has 0 spiro atoms. The molecule has 176 valence electrons. The van der Waals surface area contributed by atoms with Crippen LogP contribution in [0.3, 0.4) is 0 Å². The second-order valence-corrected chi connectivity index (χ2v) is 9.33. The van der Waals surface area contributed by atoms with Crippen LogP contribution in [0.15, 0.2) is 54.7 Å². The smallest absolute Gasteiger partial charge is 0.277 e. The van der Waals surface area contributed by atoms with E-state index in [1.807, 2.05) is 42.5 Å². The van der Waals surface area contributed by atoms with Crippen LogP contribution in [-0.4, -0.2) is 65.0 Å². The zero-order valence-electron chi connectivity index (χ0n) is 18.4. The molecule has 3 heterocycles. The van der Waals surface area contributed by atoms with Gasteiger partial charge in [0.05, 0.1) is 30.0 Å². The number of rotatable bonds is 8. The van der Waals surface area contributed by atoms with E-state index in [2.05, 4.69) is 20.3 Å². The number of thiazole rings is 1. The van der Waals surface area contributed by atoms with Crippen molar-refractivity contribution in [1.29, 1.82) is 0 Å². The fourth-order valence-electron chi connectivity index (χ4n) is 3.70. The summed E-state index contributed by atoms with van der Waals surface area (Å²) in [6, 6.07) is 15.0. The van der Waals surface area contributed by atoms with Crippen molar-refractivity contribution in [3.63, 3.8) is 0 Å². The summed E-state index contributed by atoms with van der Waals surface area (Å²) in [6.45, 7) is 5.42. The van der Waals surface area contributed by atoms with Crippen molar-refractivity contribution in [2.75, 3.05) is 44.8 Å². The third kappa shape index (κ3) is 5.56. The number of hydrogen-bond donors (Lipinski definition) is 1.